The number of unbranched alkanes of at least 4 members (excludes halogenated alkanes) is 41. The van der Waals surface area contributed by atoms with Crippen molar-refractivity contribution in [2.24, 2.45) is 5.92 Å². The predicted octanol–water partition coefficient (Wildman–Crippen LogP) is 19.4. The van der Waals surface area contributed by atoms with E-state index in [1.54, 1.807) is 0 Å². The molecular formula is C59H114O6. The van der Waals surface area contributed by atoms with Crippen molar-refractivity contribution in [1.82, 2.24) is 0 Å². The standard InChI is InChI=1S/C59H114O6/c1-5-7-9-11-13-15-17-25-30-34-38-42-46-50-57(60)63-53-56(65-59(62)52-48-44-40-36-32-26-18-16-14-12-10-8-6-2)54-64-58(61)51-47-43-39-35-31-28-24-22-20-19-21-23-27-29-33-37-41-45-49-55(3)4/h55-56H,5-54H2,1-4H3/t56-/m0/s1. The summed E-state index contributed by atoms with van der Waals surface area (Å²) in [6.07, 6.45) is 58.1. The van der Waals surface area contributed by atoms with Gasteiger partial charge in [0, 0.05) is 19.3 Å². The molecule has 0 saturated carbocycles. The fourth-order valence-electron chi connectivity index (χ4n) is 9.10. The third-order valence-corrected chi connectivity index (χ3v) is 13.5. The molecule has 0 aromatic heterocycles. The minimum Gasteiger partial charge on any atom is -0.462 e. The first-order valence-corrected chi connectivity index (χ1v) is 29.4. The Labute approximate surface area is 406 Å². The summed E-state index contributed by atoms with van der Waals surface area (Å²) in [4.78, 5) is 38.1. The van der Waals surface area contributed by atoms with E-state index >= 15 is 0 Å². The van der Waals surface area contributed by atoms with Gasteiger partial charge in [0.05, 0.1) is 0 Å². The van der Waals surface area contributed by atoms with Crippen molar-refractivity contribution in [3.63, 3.8) is 0 Å². The highest BCUT2D eigenvalue weighted by molar-refractivity contribution is 5.71. The molecule has 1 atom stereocenters. The van der Waals surface area contributed by atoms with Gasteiger partial charge in [0.1, 0.15) is 13.2 Å². The highest BCUT2D eigenvalue weighted by atomic mass is 16.6. The van der Waals surface area contributed by atoms with E-state index in [1.807, 2.05) is 0 Å². The van der Waals surface area contributed by atoms with Crippen LogP contribution in [-0.2, 0) is 28.6 Å². The van der Waals surface area contributed by atoms with E-state index in [4.69, 9.17) is 14.2 Å². The molecule has 0 N–H and O–H groups in total. The molecule has 0 spiro atoms. The van der Waals surface area contributed by atoms with Crippen LogP contribution in [0.2, 0.25) is 0 Å². The maximum Gasteiger partial charge on any atom is 0.306 e. The summed E-state index contributed by atoms with van der Waals surface area (Å²) >= 11 is 0. The van der Waals surface area contributed by atoms with Crippen molar-refractivity contribution in [1.29, 1.82) is 0 Å². The number of carbonyl (C=O) groups is 3. The summed E-state index contributed by atoms with van der Waals surface area (Å²) in [6.45, 7) is 9.07. The third kappa shape index (κ3) is 53.2. The summed E-state index contributed by atoms with van der Waals surface area (Å²) in [5.74, 6) is 0.0248. The molecule has 0 rings (SSSR count). The lowest BCUT2D eigenvalue weighted by Crippen LogP contribution is -2.30. The number of hydrogen-bond donors (Lipinski definition) is 0. The number of rotatable bonds is 54. The molecule has 0 aromatic carbocycles. The maximum absolute atomic E-state index is 12.8. The van der Waals surface area contributed by atoms with Crippen LogP contribution >= 0.6 is 0 Å². The first kappa shape index (κ1) is 63.4. The molecule has 0 aliphatic rings. The van der Waals surface area contributed by atoms with Crippen LogP contribution in [0.4, 0.5) is 0 Å². The largest absolute Gasteiger partial charge is 0.462 e. The minimum absolute atomic E-state index is 0.0616. The predicted molar refractivity (Wildman–Crippen MR) is 280 cm³/mol. The molecule has 0 radical (unpaired) electrons. The van der Waals surface area contributed by atoms with Gasteiger partial charge in [-0.3, -0.25) is 14.4 Å². The molecule has 0 saturated heterocycles. The van der Waals surface area contributed by atoms with E-state index in [0.29, 0.717) is 19.3 Å². The summed E-state index contributed by atoms with van der Waals surface area (Å²) in [6, 6.07) is 0. The fourth-order valence-corrected chi connectivity index (χ4v) is 9.10. The Hall–Kier alpha value is -1.59. The van der Waals surface area contributed by atoms with Crippen molar-refractivity contribution < 1.29 is 28.6 Å². The molecular weight excluding hydrogens is 805 g/mol. The first-order valence-electron chi connectivity index (χ1n) is 29.4. The number of ether oxygens (including phenoxy) is 3. The van der Waals surface area contributed by atoms with E-state index < -0.39 is 6.10 Å². The smallest absolute Gasteiger partial charge is 0.306 e. The van der Waals surface area contributed by atoms with Gasteiger partial charge in [-0.2, -0.15) is 0 Å². The molecule has 386 valence electrons. The molecule has 0 fully saturated rings. The Kier molecular flexibility index (Phi) is 52.1. The number of hydrogen-bond acceptors (Lipinski definition) is 6. The second-order valence-corrected chi connectivity index (χ2v) is 20.8. The van der Waals surface area contributed by atoms with Crippen LogP contribution in [0.1, 0.15) is 336 Å². The average Bonchev–Trinajstić information content (AvgIpc) is 3.29. The summed E-state index contributed by atoms with van der Waals surface area (Å²) in [5, 5.41) is 0. The topological polar surface area (TPSA) is 78.9 Å². The van der Waals surface area contributed by atoms with Crippen molar-refractivity contribution in [2.75, 3.05) is 13.2 Å². The summed E-state index contributed by atoms with van der Waals surface area (Å²) in [7, 11) is 0. The fraction of sp³-hybridized carbons (Fsp3) is 0.949. The summed E-state index contributed by atoms with van der Waals surface area (Å²) in [5.41, 5.74) is 0. The summed E-state index contributed by atoms with van der Waals surface area (Å²) < 4.78 is 16.9. The molecule has 6 heteroatoms. The average molecular weight is 920 g/mol. The Balaban J connectivity index is 4.22. The zero-order valence-electron chi connectivity index (χ0n) is 44.5. The van der Waals surface area contributed by atoms with Gasteiger partial charge in [0.25, 0.3) is 0 Å². The lowest BCUT2D eigenvalue weighted by atomic mass is 10.0. The zero-order valence-corrected chi connectivity index (χ0v) is 44.5. The quantitative estimate of drug-likeness (QED) is 0.0344. The van der Waals surface area contributed by atoms with Crippen LogP contribution in [0.3, 0.4) is 0 Å². The highest BCUT2D eigenvalue weighted by Gasteiger charge is 2.19. The lowest BCUT2D eigenvalue weighted by molar-refractivity contribution is -0.167. The van der Waals surface area contributed by atoms with Gasteiger partial charge in [-0.05, 0) is 25.2 Å². The molecule has 0 aliphatic carbocycles. The molecule has 0 bridgehead atoms. The highest BCUT2D eigenvalue weighted by Crippen LogP contribution is 2.18. The molecule has 0 unspecified atom stereocenters. The van der Waals surface area contributed by atoms with Crippen molar-refractivity contribution in [3.8, 4) is 0 Å². The van der Waals surface area contributed by atoms with Crippen LogP contribution in [0.15, 0.2) is 0 Å². The Morgan fingerprint density at radius 2 is 0.508 bits per heavy atom. The lowest BCUT2D eigenvalue weighted by Gasteiger charge is -2.18. The molecule has 0 aromatic rings. The van der Waals surface area contributed by atoms with Crippen molar-refractivity contribution >= 4 is 17.9 Å². The normalized spacial score (nSPS) is 12.0. The van der Waals surface area contributed by atoms with Gasteiger partial charge in [-0.1, -0.05) is 297 Å². The van der Waals surface area contributed by atoms with E-state index in [2.05, 4.69) is 27.7 Å². The van der Waals surface area contributed by atoms with Gasteiger partial charge in [0.15, 0.2) is 6.10 Å². The van der Waals surface area contributed by atoms with Crippen LogP contribution in [0.5, 0.6) is 0 Å². The molecule has 0 amide bonds. The van der Waals surface area contributed by atoms with E-state index in [-0.39, 0.29) is 31.1 Å². The second-order valence-electron chi connectivity index (χ2n) is 20.8. The van der Waals surface area contributed by atoms with Gasteiger partial charge in [-0.25, -0.2) is 0 Å². The van der Waals surface area contributed by atoms with Crippen LogP contribution in [0, 0.1) is 5.92 Å². The number of carbonyl (C=O) groups excluding carboxylic acids is 3. The van der Waals surface area contributed by atoms with Gasteiger partial charge >= 0.3 is 17.9 Å². The van der Waals surface area contributed by atoms with Crippen LogP contribution < -0.4 is 0 Å². The molecule has 0 aliphatic heterocycles. The first-order chi connectivity index (χ1) is 31.9. The maximum atomic E-state index is 12.8. The Morgan fingerprint density at radius 3 is 0.754 bits per heavy atom. The number of esters is 3. The van der Waals surface area contributed by atoms with Gasteiger partial charge in [-0.15, -0.1) is 0 Å². The SMILES string of the molecule is CCCCCCCCCCCCCCCC(=O)OC[C@@H](COC(=O)CCCCCCCCCCCCCCCCCCCCC(C)C)OC(=O)CCCCCCCCCCCCCCC. The van der Waals surface area contributed by atoms with Gasteiger partial charge < -0.3 is 14.2 Å². The van der Waals surface area contributed by atoms with E-state index in [0.717, 1.165) is 63.7 Å². The Morgan fingerprint density at radius 1 is 0.292 bits per heavy atom. The van der Waals surface area contributed by atoms with E-state index in [1.165, 1.54) is 231 Å². The molecule has 6 nitrogen and oxygen atoms in total. The van der Waals surface area contributed by atoms with Crippen LogP contribution in [0.25, 0.3) is 0 Å². The van der Waals surface area contributed by atoms with Crippen LogP contribution in [-0.4, -0.2) is 37.2 Å². The molecule has 0 heterocycles. The van der Waals surface area contributed by atoms with Crippen molar-refractivity contribution in [3.05, 3.63) is 0 Å². The third-order valence-electron chi connectivity index (χ3n) is 13.5. The van der Waals surface area contributed by atoms with Crippen molar-refractivity contribution in [2.45, 2.75) is 342 Å². The van der Waals surface area contributed by atoms with E-state index in [9.17, 15) is 14.4 Å². The second kappa shape index (κ2) is 53.4. The zero-order chi connectivity index (χ0) is 47.4. The monoisotopic (exact) mass is 919 g/mol. The Bertz CT molecular complexity index is 980. The van der Waals surface area contributed by atoms with Gasteiger partial charge in [0.2, 0.25) is 0 Å². The molecule has 65 heavy (non-hydrogen) atoms. The minimum atomic E-state index is -0.761.